The fourth-order valence-electron chi connectivity index (χ4n) is 2.11. The van der Waals surface area contributed by atoms with Crippen molar-refractivity contribution in [1.29, 1.82) is 0 Å². The molecular formula is C18H21N3O5S. The number of ether oxygens (including phenoxy) is 3. The van der Waals surface area contributed by atoms with E-state index in [1.807, 2.05) is 6.92 Å². The number of carbonyl (C=O) groups is 1. The number of hydrazone groups is 1. The molecule has 0 aliphatic heterocycles. The lowest BCUT2D eigenvalue weighted by molar-refractivity contribution is 0.0696. The van der Waals surface area contributed by atoms with Crippen LogP contribution in [0.3, 0.4) is 0 Å². The smallest absolute Gasteiger partial charge is 0.379 e. The monoisotopic (exact) mass is 391 g/mol. The number of rotatable bonds is 8. The molecule has 0 radical (unpaired) electrons. The zero-order chi connectivity index (χ0) is 19.6. The van der Waals surface area contributed by atoms with Gasteiger partial charge in [0, 0.05) is 13.2 Å². The highest BCUT2D eigenvalue weighted by Gasteiger charge is 2.14. The minimum absolute atomic E-state index is 0.0634. The van der Waals surface area contributed by atoms with Crippen LogP contribution in [0.4, 0.5) is 0 Å². The van der Waals surface area contributed by atoms with Crippen molar-refractivity contribution in [2.75, 3.05) is 20.8 Å². The van der Waals surface area contributed by atoms with E-state index in [0.717, 1.165) is 5.56 Å². The van der Waals surface area contributed by atoms with Gasteiger partial charge in [0.15, 0.2) is 16.6 Å². The molecule has 1 aromatic heterocycles. The predicted octanol–water partition coefficient (Wildman–Crippen LogP) is 2.34. The molecule has 1 aromatic carbocycles. The number of methoxy groups -OCH3 is 2. The summed E-state index contributed by atoms with van der Waals surface area (Å²) >= 11 is 5.13. The first-order chi connectivity index (χ1) is 13.0. The summed E-state index contributed by atoms with van der Waals surface area (Å²) in [7, 11) is 3.10. The Kier molecular flexibility index (Phi) is 7.78. The summed E-state index contributed by atoms with van der Waals surface area (Å²) in [4.78, 5) is 12.0. The summed E-state index contributed by atoms with van der Waals surface area (Å²) in [5, 5.41) is 7.47. The molecule has 0 aliphatic rings. The van der Waals surface area contributed by atoms with Gasteiger partial charge in [-0.2, -0.15) is 5.10 Å². The number of nitrogens with zero attached hydrogens (tertiary/aromatic N) is 1. The molecule has 0 fully saturated rings. The van der Waals surface area contributed by atoms with E-state index in [4.69, 9.17) is 30.8 Å². The van der Waals surface area contributed by atoms with E-state index < -0.39 is 5.97 Å². The lowest BCUT2D eigenvalue weighted by atomic mass is 10.2. The van der Waals surface area contributed by atoms with Gasteiger partial charge < -0.3 is 23.9 Å². The highest BCUT2D eigenvalue weighted by atomic mass is 32.1. The van der Waals surface area contributed by atoms with Gasteiger partial charge in [0.2, 0.25) is 5.76 Å². The van der Waals surface area contributed by atoms with Crippen LogP contribution in [0.15, 0.2) is 46.1 Å². The van der Waals surface area contributed by atoms with E-state index in [9.17, 15) is 4.79 Å². The summed E-state index contributed by atoms with van der Waals surface area (Å²) in [6.45, 7) is 2.47. The lowest BCUT2D eigenvalue weighted by Crippen LogP contribution is -2.40. The second-order valence-corrected chi connectivity index (χ2v) is 5.89. The van der Waals surface area contributed by atoms with Gasteiger partial charge in [-0.25, -0.2) is 4.79 Å². The molecular weight excluding hydrogens is 370 g/mol. The minimum atomic E-state index is -0.608. The van der Waals surface area contributed by atoms with Crippen molar-refractivity contribution in [2.45, 2.75) is 13.0 Å². The molecule has 0 amide bonds. The van der Waals surface area contributed by atoms with E-state index in [-0.39, 0.29) is 17.6 Å². The van der Waals surface area contributed by atoms with Crippen LogP contribution in [0.1, 0.15) is 23.0 Å². The van der Waals surface area contributed by atoms with Gasteiger partial charge in [0.05, 0.1) is 26.2 Å². The molecule has 8 nitrogen and oxygen atoms in total. The summed E-state index contributed by atoms with van der Waals surface area (Å²) in [6.07, 6.45) is 2.96. The van der Waals surface area contributed by atoms with Gasteiger partial charge in [0.25, 0.3) is 0 Å². The van der Waals surface area contributed by atoms with Crippen LogP contribution < -0.4 is 20.2 Å². The van der Waals surface area contributed by atoms with Gasteiger partial charge in [-0.05, 0) is 55.0 Å². The molecule has 2 rings (SSSR count). The molecule has 0 bridgehead atoms. The third kappa shape index (κ3) is 6.39. The van der Waals surface area contributed by atoms with Gasteiger partial charge in [-0.3, -0.25) is 5.43 Å². The van der Waals surface area contributed by atoms with E-state index in [1.165, 1.54) is 19.4 Å². The highest BCUT2D eigenvalue weighted by Crippen LogP contribution is 2.28. The number of thiocarbonyl (C=S) groups is 1. The van der Waals surface area contributed by atoms with E-state index in [1.54, 1.807) is 37.6 Å². The number of benzene rings is 1. The number of carbonyl (C=O) groups excluding carboxylic acids is 1. The van der Waals surface area contributed by atoms with Crippen molar-refractivity contribution in [1.82, 2.24) is 10.7 Å². The summed E-state index contributed by atoms with van der Waals surface area (Å²) in [6, 6.07) is 8.20. The molecule has 2 aromatic rings. The second kappa shape index (κ2) is 10.3. The van der Waals surface area contributed by atoms with Crippen molar-refractivity contribution in [3.63, 3.8) is 0 Å². The maximum absolute atomic E-state index is 12.0. The van der Waals surface area contributed by atoms with Gasteiger partial charge in [-0.1, -0.05) is 0 Å². The molecule has 0 aliphatic carbocycles. The van der Waals surface area contributed by atoms with Crippen LogP contribution in [0.2, 0.25) is 0 Å². The van der Waals surface area contributed by atoms with Crippen LogP contribution in [0, 0.1) is 0 Å². The van der Waals surface area contributed by atoms with Crippen LogP contribution in [-0.4, -0.2) is 44.2 Å². The summed E-state index contributed by atoms with van der Waals surface area (Å²) in [5.41, 5.74) is 3.45. The zero-order valence-corrected chi connectivity index (χ0v) is 16.0. The Morgan fingerprint density at radius 2 is 2.15 bits per heavy atom. The average molecular weight is 391 g/mol. The van der Waals surface area contributed by atoms with E-state index in [0.29, 0.717) is 17.5 Å². The Bertz CT molecular complexity index is 792. The maximum atomic E-state index is 12.0. The van der Waals surface area contributed by atoms with Crippen molar-refractivity contribution < 1.29 is 23.4 Å². The fourth-order valence-corrected chi connectivity index (χ4v) is 2.36. The Labute approximate surface area is 162 Å². The average Bonchev–Trinajstić information content (AvgIpc) is 3.17. The lowest BCUT2D eigenvalue weighted by Gasteiger charge is -2.13. The van der Waals surface area contributed by atoms with Crippen molar-refractivity contribution in [3.05, 3.63) is 47.9 Å². The zero-order valence-electron chi connectivity index (χ0n) is 15.2. The number of nitrogens with one attached hydrogen (secondary N) is 2. The van der Waals surface area contributed by atoms with Gasteiger partial charge in [-0.15, -0.1) is 0 Å². The van der Waals surface area contributed by atoms with Gasteiger partial charge in [0.1, 0.15) is 0 Å². The molecule has 1 atom stereocenters. The maximum Gasteiger partial charge on any atom is 0.379 e. The largest absolute Gasteiger partial charge is 0.493 e. The van der Waals surface area contributed by atoms with Crippen LogP contribution in [0.5, 0.6) is 11.5 Å². The number of furan rings is 1. The predicted molar refractivity (Wildman–Crippen MR) is 104 cm³/mol. The molecule has 0 saturated heterocycles. The van der Waals surface area contributed by atoms with E-state index >= 15 is 0 Å². The van der Waals surface area contributed by atoms with E-state index in [2.05, 4.69) is 15.8 Å². The molecule has 0 spiro atoms. The third-order valence-corrected chi connectivity index (χ3v) is 3.50. The van der Waals surface area contributed by atoms with Crippen molar-refractivity contribution in [3.8, 4) is 11.5 Å². The molecule has 2 N–H and O–H groups in total. The molecule has 0 saturated carbocycles. The first-order valence-electron chi connectivity index (χ1n) is 8.05. The van der Waals surface area contributed by atoms with Crippen LogP contribution >= 0.6 is 12.2 Å². The molecule has 1 heterocycles. The van der Waals surface area contributed by atoms with Crippen LogP contribution in [0.25, 0.3) is 0 Å². The first kappa shape index (κ1) is 20.4. The Morgan fingerprint density at radius 1 is 1.33 bits per heavy atom. The molecule has 144 valence electrons. The standard InChI is InChI=1S/C18H21N3O5S/c1-12(11-23-2)20-18(27)21-19-10-13-6-7-14(16(9-13)24-3)26-17(22)15-5-4-8-25-15/h4-10,12H,11H2,1-3H3,(H2,20,21,27)/b19-10-/t12-/m1/s1. The SMILES string of the molecule is COC[C@@H](C)NC(=S)N/N=C\c1ccc(OC(=O)c2ccco2)c(OC)c1. The van der Waals surface area contributed by atoms with Crippen molar-refractivity contribution >= 4 is 29.5 Å². The highest BCUT2D eigenvalue weighted by molar-refractivity contribution is 7.80. The molecule has 9 heteroatoms. The molecule has 27 heavy (non-hydrogen) atoms. The van der Waals surface area contributed by atoms with Crippen LogP contribution in [-0.2, 0) is 4.74 Å². The Morgan fingerprint density at radius 3 is 2.81 bits per heavy atom. The second-order valence-electron chi connectivity index (χ2n) is 5.48. The fraction of sp³-hybridized carbons (Fsp3) is 0.278. The first-order valence-corrected chi connectivity index (χ1v) is 8.46. The minimum Gasteiger partial charge on any atom is -0.493 e. The number of esters is 1. The third-order valence-electron chi connectivity index (χ3n) is 3.29. The summed E-state index contributed by atoms with van der Waals surface area (Å²) in [5.74, 6) is 0.154. The van der Waals surface area contributed by atoms with Crippen molar-refractivity contribution in [2.24, 2.45) is 5.10 Å². The quantitative estimate of drug-likeness (QED) is 0.233. The normalized spacial score (nSPS) is 11.8. The summed E-state index contributed by atoms with van der Waals surface area (Å²) < 4.78 is 20.6. The Balaban J connectivity index is 1.96. The number of hydrogen-bond acceptors (Lipinski definition) is 7. The van der Waals surface area contributed by atoms with Gasteiger partial charge >= 0.3 is 5.97 Å². The Hall–Kier alpha value is -2.91. The topological polar surface area (TPSA) is 94.3 Å². The molecule has 0 unspecified atom stereocenters. The number of hydrogen-bond donors (Lipinski definition) is 2.